The number of fused-ring (bicyclic) bond motifs is 2. The number of imide groups is 1. The number of aromatic nitrogens is 1. The summed E-state index contributed by atoms with van der Waals surface area (Å²) < 4.78 is 0. The first-order valence-electron chi connectivity index (χ1n) is 11.2. The molecule has 0 aliphatic carbocycles. The van der Waals surface area contributed by atoms with Crippen LogP contribution < -0.4 is 5.32 Å². The van der Waals surface area contributed by atoms with E-state index in [4.69, 9.17) is 0 Å². The van der Waals surface area contributed by atoms with E-state index in [1.54, 1.807) is 72.9 Å². The lowest BCUT2D eigenvalue weighted by Crippen LogP contribution is -2.48. The van der Waals surface area contributed by atoms with Crippen molar-refractivity contribution in [2.75, 3.05) is 5.32 Å². The van der Waals surface area contributed by atoms with Crippen molar-refractivity contribution in [1.29, 1.82) is 0 Å². The molecular formula is C28H21N3O4. The molecule has 2 heterocycles. The monoisotopic (exact) mass is 463 g/mol. The Morgan fingerprint density at radius 2 is 1.57 bits per heavy atom. The van der Waals surface area contributed by atoms with E-state index in [2.05, 4.69) is 10.3 Å². The van der Waals surface area contributed by atoms with Crippen LogP contribution in [0.15, 0.2) is 85.1 Å². The predicted octanol–water partition coefficient (Wildman–Crippen LogP) is 4.28. The third kappa shape index (κ3) is 4.08. The Bertz CT molecular complexity index is 1470. The summed E-state index contributed by atoms with van der Waals surface area (Å²) in [6.07, 6.45) is 1.68. The molecule has 1 atom stereocenters. The maximum atomic E-state index is 13.7. The highest BCUT2D eigenvalue weighted by atomic mass is 16.2. The summed E-state index contributed by atoms with van der Waals surface area (Å²) in [7, 11) is 0. The molecule has 1 aromatic heterocycles. The number of amides is 3. The fourth-order valence-corrected chi connectivity index (χ4v) is 4.35. The second-order valence-corrected chi connectivity index (χ2v) is 8.37. The fraction of sp³-hybridized carbons (Fsp3) is 0.107. The molecule has 172 valence electrons. The summed E-state index contributed by atoms with van der Waals surface area (Å²) >= 11 is 0. The molecular weight excluding hydrogens is 442 g/mol. The fourth-order valence-electron chi connectivity index (χ4n) is 4.35. The molecule has 5 rings (SSSR count). The molecule has 1 aliphatic rings. The van der Waals surface area contributed by atoms with Crippen molar-refractivity contribution in [3.05, 3.63) is 107 Å². The zero-order valence-electron chi connectivity index (χ0n) is 18.9. The van der Waals surface area contributed by atoms with Gasteiger partial charge in [0.25, 0.3) is 11.8 Å². The maximum Gasteiger partial charge on any atom is 0.262 e. The third-order valence-electron chi connectivity index (χ3n) is 6.09. The van der Waals surface area contributed by atoms with Gasteiger partial charge in [-0.25, -0.2) is 0 Å². The van der Waals surface area contributed by atoms with Crippen molar-refractivity contribution in [3.63, 3.8) is 0 Å². The van der Waals surface area contributed by atoms with E-state index < -0.39 is 23.8 Å². The lowest BCUT2D eigenvalue weighted by molar-refractivity contribution is -0.119. The second kappa shape index (κ2) is 8.95. The molecule has 7 nitrogen and oxygen atoms in total. The molecule has 0 fully saturated rings. The van der Waals surface area contributed by atoms with Gasteiger partial charge < -0.3 is 5.32 Å². The van der Waals surface area contributed by atoms with Crippen LogP contribution in [0.5, 0.6) is 0 Å². The third-order valence-corrected chi connectivity index (χ3v) is 6.09. The quantitative estimate of drug-likeness (QED) is 0.340. The standard InChI is InChI=1S/C28H21N3O4/c1-17(32)20-9-4-7-18(15-20)16-24(31-27(34)21-11-2-3-12-22(21)28(31)35)26(33)30-23-13-5-8-19-10-6-14-29-25(19)23/h2-15,24H,16H2,1H3,(H,30,33)/t24-/m0/s1. The lowest BCUT2D eigenvalue weighted by Gasteiger charge is -2.26. The van der Waals surface area contributed by atoms with Crippen LogP contribution in [0, 0.1) is 0 Å². The zero-order valence-corrected chi connectivity index (χ0v) is 18.9. The van der Waals surface area contributed by atoms with Crippen molar-refractivity contribution in [3.8, 4) is 0 Å². The second-order valence-electron chi connectivity index (χ2n) is 8.37. The molecule has 0 radical (unpaired) electrons. The molecule has 3 amide bonds. The van der Waals surface area contributed by atoms with Crippen molar-refractivity contribution >= 4 is 40.1 Å². The normalized spacial score (nSPS) is 13.6. The van der Waals surface area contributed by atoms with Crippen molar-refractivity contribution in [2.45, 2.75) is 19.4 Å². The molecule has 0 saturated carbocycles. The van der Waals surface area contributed by atoms with Gasteiger partial charge in [-0.3, -0.25) is 29.1 Å². The van der Waals surface area contributed by atoms with Gasteiger partial charge in [-0.15, -0.1) is 0 Å². The number of benzene rings is 3. The predicted molar refractivity (Wildman–Crippen MR) is 131 cm³/mol. The zero-order chi connectivity index (χ0) is 24.5. The van der Waals surface area contributed by atoms with E-state index in [0.29, 0.717) is 22.3 Å². The Kier molecular flexibility index (Phi) is 5.66. The number of hydrogen-bond donors (Lipinski definition) is 1. The Hall–Kier alpha value is -4.65. The van der Waals surface area contributed by atoms with Crippen LogP contribution in [0.3, 0.4) is 0 Å². The summed E-state index contributed by atoms with van der Waals surface area (Å²) in [4.78, 5) is 57.4. The minimum absolute atomic E-state index is 0.0522. The number of rotatable bonds is 6. The number of Topliss-reactive ketones (excluding diaryl/α,β-unsaturated/α-hetero) is 1. The van der Waals surface area contributed by atoms with Gasteiger partial charge in [0.2, 0.25) is 5.91 Å². The van der Waals surface area contributed by atoms with E-state index in [9.17, 15) is 19.2 Å². The molecule has 4 aromatic rings. The molecule has 0 bridgehead atoms. The summed E-state index contributed by atoms with van der Waals surface area (Å²) in [6, 6.07) is 21.3. The Morgan fingerprint density at radius 3 is 2.29 bits per heavy atom. The average molecular weight is 463 g/mol. The van der Waals surface area contributed by atoms with E-state index in [0.717, 1.165) is 10.3 Å². The largest absolute Gasteiger partial charge is 0.322 e. The van der Waals surface area contributed by atoms with Gasteiger partial charge in [0.1, 0.15) is 6.04 Å². The van der Waals surface area contributed by atoms with Crippen molar-refractivity contribution < 1.29 is 19.2 Å². The molecule has 1 aliphatic heterocycles. The Morgan fingerprint density at radius 1 is 0.886 bits per heavy atom. The van der Waals surface area contributed by atoms with Crippen LogP contribution in [0.4, 0.5) is 5.69 Å². The number of anilines is 1. The number of nitrogens with one attached hydrogen (secondary N) is 1. The smallest absolute Gasteiger partial charge is 0.262 e. The van der Waals surface area contributed by atoms with Crippen LogP contribution in [-0.4, -0.2) is 39.4 Å². The van der Waals surface area contributed by atoms with Gasteiger partial charge in [-0.05, 0) is 42.8 Å². The minimum Gasteiger partial charge on any atom is -0.322 e. The van der Waals surface area contributed by atoms with E-state index in [1.165, 1.54) is 6.92 Å². The molecule has 35 heavy (non-hydrogen) atoms. The Balaban J connectivity index is 1.54. The van der Waals surface area contributed by atoms with Crippen molar-refractivity contribution in [1.82, 2.24) is 9.88 Å². The first-order chi connectivity index (χ1) is 16.9. The van der Waals surface area contributed by atoms with E-state index >= 15 is 0 Å². The van der Waals surface area contributed by atoms with Crippen LogP contribution >= 0.6 is 0 Å². The van der Waals surface area contributed by atoms with Crippen LogP contribution in [0.2, 0.25) is 0 Å². The Labute approximate surface area is 201 Å². The molecule has 3 aromatic carbocycles. The number of para-hydroxylation sites is 1. The first kappa shape index (κ1) is 22.2. The maximum absolute atomic E-state index is 13.7. The molecule has 7 heteroatoms. The molecule has 0 saturated heterocycles. The summed E-state index contributed by atoms with van der Waals surface area (Å²) in [5.74, 6) is -1.68. The van der Waals surface area contributed by atoms with Crippen LogP contribution in [-0.2, 0) is 11.2 Å². The number of nitrogens with zero attached hydrogens (tertiary/aromatic N) is 2. The van der Waals surface area contributed by atoms with Gasteiger partial charge in [0.05, 0.1) is 22.3 Å². The summed E-state index contributed by atoms with van der Waals surface area (Å²) in [5.41, 5.74) is 2.75. The van der Waals surface area contributed by atoms with Crippen LogP contribution in [0.25, 0.3) is 10.9 Å². The molecule has 0 spiro atoms. The van der Waals surface area contributed by atoms with E-state index in [-0.39, 0.29) is 23.3 Å². The average Bonchev–Trinajstić information content (AvgIpc) is 3.13. The van der Waals surface area contributed by atoms with Gasteiger partial charge >= 0.3 is 0 Å². The van der Waals surface area contributed by atoms with E-state index in [1.807, 2.05) is 12.1 Å². The molecule has 0 unspecified atom stereocenters. The summed E-state index contributed by atoms with van der Waals surface area (Å²) in [5, 5.41) is 3.72. The number of carbonyl (C=O) groups is 4. The lowest BCUT2D eigenvalue weighted by atomic mass is 10.00. The minimum atomic E-state index is -1.14. The SMILES string of the molecule is CC(=O)c1cccc(C[C@@H](C(=O)Nc2cccc3cccnc23)N2C(=O)c3ccccc3C2=O)c1. The first-order valence-corrected chi connectivity index (χ1v) is 11.2. The topological polar surface area (TPSA) is 96.4 Å². The number of ketones is 1. The molecule has 1 N–H and O–H groups in total. The van der Waals surface area contributed by atoms with Crippen molar-refractivity contribution in [2.24, 2.45) is 0 Å². The summed E-state index contributed by atoms with van der Waals surface area (Å²) in [6.45, 7) is 1.46. The number of carbonyl (C=O) groups excluding carboxylic acids is 4. The highest BCUT2D eigenvalue weighted by Crippen LogP contribution is 2.28. The number of hydrogen-bond acceptors (Lipinski definition) is 5. The highest BCUT2D eigenvalue weighted by molar-refractivity contribution is 6.23. The van der Waals surface area contributed by atoms with Gasteiger partial charge in [0, 0.05) is 23.6 Å². The van der Waals surface area contributed by atoms with Gasteiger partial charge in [0.15, 0.2) is 5.78 Å². The van der Waals surface area contributed by atoms with Gasteiger partial charge in [-0.2, -0.15) is 0 Å². The van der Waals surface area contributed by atoms with Gasteiger partial charge in [-0.1, -0.05) is 48.5 Å². The van der Waals surface area contributed by atoms with Crippen LogP contribution in [0.1, 0.15) is 43.6 Å². The highest BCUT2D eigenvalue weighted by Gasteiger charge is 2.42. The number of pyridine rings is 1.